The molecule has 0 spiro atoms. The van der Waals surface area contributed by atoms with E-state index in [9.17, 15) is 9.59 Å². The molecule has 0 bridgehead atoms. The predicted octanol–water partition coefficient (Wildman–Crippen LogP) is -5.59. The van der Waals surface area contributed by atoms with Gasteiger partial charge in [0.1, 0.15) is 13.2 Å². The highest BCUT2D eigenvalue weighted by Crippen LogP contribution is 1.76. The fourth-order valence-electron chi connectivity index (χ4n) is 0.338. The van der Waals surface area contributed by atoms with Crippen LogP contribution in [0.1, 0.15) is 13.8 Å². The Bertz CT molecular complexity index is 110. The van der Waals surface area contributed by atoms with Crippen LogP contribution in [0.15, 0.2) is 0 Å². The first kappa shape index (κ1) is 59.9. The molecular formula is C6H24O10. The fourth-order valence-corrected chi connectivity index (χ4v) is 0.338. The molecule has 10 nitrogen and oxygen atoms in total. The summed E-state index contributed by atoms with van der Waals surface area (Å²) in [4.78, 5) is 20.4. The van der Waals surface area contributed by atoms with Crippen molar-refractivity contribution >= 4 is 11.6 Å². The molecule has 0 aromatic heterocycles. The highest BCUT2D eigenvalue weighted by molar-refractivity contribution is 5.79. The lowest BCUT2D eigenvalue weighted by atomic mass is 10.4. The molecule has 0 amide bonds. The molecule has 0 aliphatic rings. The second kappa shape index (κ2) is 37.0. The number of rotatable bonds is 4. The summed E-state index contributed by atoms with van der Waals surface area (Å²) in [6.45, 7) is 2.92. The number of hydrogen-bond donors (Lipinski definition) is 0. The average molecular weight is 256 g/mol. The van der Waals surface area contributed by atoms with Crippen LogP contribution in [0.25, 0.3) is 0 Å². The van der Waals surface area contributed by atoms with Gasteiger partial charge in [-0.05, 0) is 13.8 Å². The van der Waals surface area contributed by atoms with Crippen LogP contribution in [0, 0.1) is 0 Å². The van der Waals surface area contributed by atoms with E-state index >= 15 is 0 Å². The molecule has 0 saturated heterocycles. The summed E-state index contributed by atoms with van der Waals surface area (Å²) in [5.74, 6) is -0.118. The molecule has 0 aliphatic heterocycles. The van der Waals surface area contributed by atoms with Crippen molar-refractivity contribution in [1.29, 1.82) is 0 Å². The van der Waals surface area contributed by atoms with Gasteiger partial charge in [-0.15, -0.1) is 0 Å². The highest BCUT2D eigenvalue weighted by atomic mass is 16.5. The number of ketones is 2. The van der Waals surface area contributed by atoms with Crippen molar-refractivity contribution in [2.75, 3.05) is 13.2 Å². The molecule has 16 heavy (non-hydrogen) atoms. The maximum absolute atomic E-state index is 10.2. The van der Waals surface area contributed by atoms with Crippen molar-refractivity contribution in [2.24, 2.45) is 0 Å². The van der Waals surface area contributed by atoms with Gasteiger partial charge in [-0.25, -0.2) is 0 Å². The molecule has 14 N–H and O–H groups in total. The van der Waals surface area contributed by atoms with Gasteiger partial charge in [0.15, 0.2) is 11.6 Å². The molecule has 0 rings (SSSR count). The molecule has 10 heteroatoms. The quantitative estimate of drug-likeness (QED) is 0.476. The van der Waals surface area contributed by atoms with Crippen molar-refractivity contribution in [1.82, 2.24) is 0 Å². The van der Waals surface area contributed by atoms with E-state index in [0.29, 0.717) is 0 Å². The molecule has 108 valence electrons. The summed E-state index contributed by atoms with van der Waals surface area (Å²) in [5.41, 5.74) is 0. The van der Waals surface area contributed by atoms with Gasteiger partial charge in [0.2, 0.25) is 0 Å². The van der Waals surface area contributed by atoms with Gasteiger partial charge in [-0.3, -0.25) is 9.59 Å². The van der Waals surface area contributed by atoms with Gasteiger partial charge in [0.05, 0.1) is 0 Å². The van der Waals surface area contributed by atoms with Crippen LogP contribution < -0.4 is 0 Å². The largest absolute Gasteiger partial charge is 0.412 e. The highest BCUT2D eigenvalue weighted by Gasteiger charge is 1.94. The summed E-state index contributed by atoms with van der Waals surface area (Å²) in [7, 11) is 0. The van der Waals surface area contributed by atoms with Crippen molar-refractivity contribution in [3.8, 4) is 0 Å². The van der Waals surface area contributed by atoms with Crippen molar-refractivity contribution < 1.29 is 52.7 Å². The van der Waals surface area contributed by atoms with Crippen LogP contribution in [0.2, 0.25) is 0 Å². The Balaban J connectivity index is -0.0000000152. The number of Topliss-reactive ketones (excluding diaryl/α,β-unsaturated/α-hetero) is 2. The maximum Gasteiger partial charge on any atom is 0.155 e. The zero-order chi connectivity index (χ0) is 7.28. The SMILES string of the molecule is CC(=O)COCC(C)=O.O.O.O.O.O.O.O. The summed E-state index contributed by atoms with van der Waals surface area (Å²) in [5, 5.41) is 0. The van der Waals surface area contributed by atoms with Crippen molar-refractivity contribution in [3.05, 3.63) is 0 Å². The first-order chi connectivity index (χ1) is 4.13. The molecule has 0 atom stereocenters. The Kier molecular flexibility index (Phi) is 138. The molecule has 0 heterocycles. The third-order valence-electron chi connectivity index (χ3n) is 0.611. The van der Waals surface area contributed by atoms with E-state index in [1.807, 2.05) is 0 Å². The lowest BCUT2D eigenvalue weighted by Gasteiger charge is -1.94. The van der Waals surface area contributed by atoms with Crippen LogP contribution >= 0.6 is 0 Å². The minimum atomic E-state index is -0.0590. The summed E-state index contributed by atoms with van der Waals surface area (Å²) < 4.78 is 4.66. The number of carbonyl (C=O) groups excluding carboxylic acids is 2. The number of carbonyl (C=O) groups is 2. The van der Waals surface area contributed by atoms with E-state index < -0.39 is 0 Å². The molecule has 0 aromatic rings. The van der Waals surface area contributed by atoms with Crippen LogP contribution in [-0.4, -0.2) is 63.1 Å². The van der Waals surface area contributed by atoms with Crippen molar-refractivity contribution in [3.63, 3.8) is 0 Å². The van der Waals surface area contributed by atoms with Gasteiger partial charge in [0, 0.05) is 0 Å². The van der Waals surface area contributed by atoms with E-state index in [4.69, 9.17) is 0 Å². The molecule has 0 radical (unpaired) electrons. The Morgan fingerprint density at radius 2 is 0.875 bits per heavy atom. The monoisotopic (exact) mass is 256 g/mol. The number of ether oxygens (including phenoxy) is 1. The van der Waals surface area contributed by atoms with E-state index in [1.165, 1.54) is 13.8 Å². The Morgan fingerprint density at radius 3 is 1.00 bits per heavy atom. The standard InChI is InChI=1S/C6H10O3.7H2O/c1-5(7)3-9-4-6(2)8;;;;;;;/h3-4H2,1-2H3;7*1H2. The summed E-state index contributed by atoms with van der Waals surface area (Å²) >= 11 is 0. The van der Waals surface area contributed by atoms with E-state index in [1.54, 1.807) is 0 Å². The number of hydrogen-bond acceptors (Lipinski definition) is 3. The maximum atomic E-state index is 10.2. The Morgan fingerprint density at radius 1 is 0.688 bits per heavy atom. The lowest BCUT2D eigenvalue weighted by molar-refractivity contribution is -0.126. The first-order valence-corrected chi connectivity index (χ1v) is 2.69. The zero-order valence-electron chi connectivity index (χ0n) is 9.14. The van der Waals surface area contributed by atoms with Crippen LogP contribution in [-0.2, 0) is 14.3 Å². The molecule has 0 aromatic carbocycles. The smallest absolute Gasteiger partial charge is 0.155 e. The lowest BCUT2D eigenvalue weighted by Crippen LogP contribution is -2.09. The van der Waals surface area contributed by atoms with E-state index in [0.717, 1.165) is 0 Å². The predicted molar refractivity (Wildman–Crippen MR) is 57.5 cm³/mol. The second-order valence-electron chi connectivity index (χ2n) is 1.90. The minimum Gasteiger partial charge on any atom is -0.412 e. The van der Waals surface area contributed by atoms with Gasteiger partial charge >= 0.3 is 0 Å². The average Bonchev–Trinajstić information content (AvgIpc) is 1.63. The topological polar surface area (TPSA) is 264 Å². The summed E-state index contributed by atoms with van der Waals surface area (Å²) in [6, 6.07) is 0. The molecule has 0 saturated carbocycles. The fraction of sp³-hybridized carbons (Fsp3) is 0.667. The molecule has 0 unspecified atom stereocenters. The normalized spacial score (nSPS) is 5.12. The van der Waals surface area contributed by atoms with Crippen LogP contribution in [0.3, 0.4) is 0 Å². The third kappa shape index (κ3) is 74.6. The van der Waals surface area contributed by atoms with Crippen LogP contribution in [0.4, 0.5) is 0 Å². The van der Waals surface area contributed by atoms with E-state index in [2.05, 4.69) is 4.74 Å². The second-order valence-corrected chi connectivity index (χ2v) is 1.90. The zero-order valence-corrected chi connectivity index (χ0v) is 9.14. The van der Waals surface area contributed by atoms with Crippen molar-refractivity contribution in [2.45, 2.75) is 13.8 Å². The summed E-state index contributed by atoms with van der Waals surface area (Å²) in [6.07, 6.45) is 0. The Hall–Kier alpha value is -0.980. The van der Waals surface area contributed by atoms with Gasteiger partial charge in [-0.2, -0.15) is 0 Å². The van der Waals surface area contributed by atoms with E-state index in [-0.39, 0.29) is 63.1 Å². The van der Waals surface area contributed by atoms with Crippen LogP contribution in [0.5, 0.6) is 0 Å². The molecule has 0 aliphatic carbocycles. The van der Waals surface area contributed by atoms with Gasteiger partial charge < -0.3 is 43.1 Å². The third-order valence-corrected chi connectivity index (χ3v) is 0.611. The molecule has 0 fully saturated rings. The molecular weight excluding hydrogens is 232 g/mol. The first-order valence-electron chi connectivity index (χ1n) is 2.69. The minimum absolute atomic E-state index is 0. The van der Waals surface area contributed by atoms with Gasteiger partial charge in [-0.1, -0.05) is 0 Å². The Labute approximate surface area is 92.4 Å². The van der Waals surface area contributed by atoms with Gasteiger partial charge in [0.25, 0.3) is 0 Å².